The van der Waals surface area contributed by atoms with Crippen molar-refractivity contribution in [3.8, 4) is 0 Å². The van der Waals surface area contributed by atoms with Gasteiger partial charge in [0, 0.05) is 0 Å². The Hall–Kier alpha value is -0.710. The van der Waals surface area contributed by atoms with Crippen molar-refractivity contribution in [1.29, 1.82) is 0 Å². The van der Waals surface area contributed by atoms with Crippen molar-refractivity contribution in [3.05, 3.63) is 29.8 Å². The van der Waals surface area contributed by atoms with Crippen molar-refractivity contribution in [2.75, 3.05) is 6.61 Å². The van der Waals surface area contributed by atoms with Crippen LogP contribution in [0, 0.1) is 6.92 Å². The smallest absolute Gasteiger partial charge is 0.189 e. The van der Waals surface area contributed by atoms with Crippen LogP contribution in [0.1, 0.15) is 25.3 Å². The van der Waals surface area contributed by atoms with E-state index in [0.29, 0.717) is 24.3 Å². The topological polar surface area (TPSA) is 46.5 Å². The van der Waals surface area contributed by atoms with Gasteiger partial charge in [-0.3, -0.25) is 4.18 Å². The van der Waals surface area contributed by atoms with Gasteiger partial charge in [0.25, 0.3) is 0 Å². The summed E-state index contributed by atoms with van der Waals surface area (Å²) in [6, 6.07) is 7.39. The molecule has 1 N–H and O–H groups in total. The average Bonchev–Trinajstić information content (AvgIpc) is 2.29. The largest absolute Gasteiger partial charge is 0.393 e. The maximum Gasteiger partial charge on any atom is 0.189 e. The quantitative estimate of drug-likeness (QED) is 0.831. The van der Waals surface area contributed by atoms with Crippen molar-refractivity contribution >= 4 is 11.1 Å². The zero-order chi connectivity index (χ0) is 12.0. The van der Waals surface area contributed by atoms with Crippen molar-refractivity contribution in [3.63, 3.8) is 0 Å². The maximum atomic E-state index is 11.6. The monoisotopic (exact) mass is 242 g/mol. The van der Waals surface area contributed by atoms with Gasteiger partial charge in [-0.05, 0) is 31.9 Å². The summed E-state index contributed by atoms with van der Waals surface area (Å²) in [5.74, 6) is 0. The lowest BCUT2D eigenvalue weighted by molar-refractivity contribution is 0.139. The summed E-state index contributed by atoms with van der Waals surface area (Å²) in [4.78, 5) is 0.664. The molecule has 16 heavy (non-hydrogen) atoms. The fourth-order valence-electron chi connectivity index (χ4n) is 1.18. The Bertz CT molecular complexity index is 335. The summed E-state index contributed by atoms with van der Waals surface area (Å²) < 4.78 is 16.8. The molecule has 0 saturated carbocycles. The molecule has 0 aromatic heterocycles. The first kappa shape index (κ1) is 13.4. The van der Waals surface area contributed by atoms with Gasteiger partial charge in [-0.1, -0.05) is 24.6 Å². The standard InChI is InChI=1S/C12H18O3S/c1-3-11(13)8-9-15-16(14)12-6-4-10(2)5-7-12/h4-7,11,13H,3,8-9H2,1-2H3. The van der Waals surface area contributed by atoms with Crippen LogP contribution in [0.15, 0.2) is 29.2 Å². The second kappa shape index (κ2) is 6.78. The van der Waals surface area contributed by atoms with Gasteiger partial charge in [0.15, 0.2) is 11.1 Å². The highest BCUT2D eigenvalue weighted by molar-refractivity contribution is 7.80. The van der Waals surface area contributed by atoms with Gasteiger partial charge in [-0.25, -0.2) is 4.21 Å². The van der Waals surface area contributed by atoms with E-state index in [2.05, 4.69) is 0 Å². The van der Waals surface area contributed by atoms with Gasteiger partial charge in [0.05, 0.1) is 17.6 Å². The Morgan fingerprint density at radius 2 is 2.00 bits per heavy atom. The van der Waals surface area contributed by atoms with Gasteiger partial charge >= 0.3 is 0 Å². The summed E-state index contributed by atoms with van der Waals surface area (Å²) in [5, 5.41) is 9.30. The molecule has 0 fully saturated rings. The predicted octanol–water partition coefficient (Wildman–Crippen LogP) is 2.20. The molecule has 0 aliphatic carbocycles. The molecular formula is C12H18O3S. The highest BCUT2D eigenvalue weighted by atomic mass is 32.2. The molecule has 1 aromatic rings. The molecule has 3 nitrogen and oxygen atoms in total. The summed E-state index contributed by atoms with van der Waals surface area (Å²) in [6.07, 6.45) is 0.851. The molecule has 4 heteroatoms. The van der Waals surface area contributed by atoms with E-state index in [-0.39, 0.29) is 6.10 Å². The van der Waals surface area contributed by atoms with E-state index in [4.69, 9.17) is 4.18 Å². The summed E-state index contributed by atoms with van der Waals surface area (Å²) in [5.41, 5.74) is 1.13. The molecule has 2 atom stereocenters. The molecule has 0 amide bonds. The van der Waals surface area contributed by atoms with Crippen LogP contribution in [-0.2, 0) is 15.3 Å². The van der Waals surface area contributed by atoms with Crippen LogP contribution >= 0.6 is 0 Å². The number of hydrogen-bond acceptors (Lipinski definition) is 3. The van der Waals surface area contributed by atoms with E-state index >= 15 is 0 Å². The van der Waals surface area contributed by atoms with Crippen LogP contribution in [0.2, 0.25) is 0 Å². The molecule has 0 bridgehead atoms. The van der Waals surface area contributed by atoms with Gasteiger partial charge < -0.3 is 5.11 Å². The van der Waals surface area contributed by atoms with Crippen molar-refractivity contribution < 1.29 is 13.5 Å². The molecule has 2 unspecified atom stereocenters. The predicted molar refractivity (Wildman–Crippen MR) is 64.5 cm³/mol. The Morgan fingerprint density at radius 3 is 2.56 bits per heavy atom. The molecule has 1 rings (SSSR count). The third-order valence-corrected chi connectivity index (χ3v) is 3.36. The van der Waals surface area contributed by atoms with E-state index in [1.165, 1.54) is 0 Å². The summed E-state index contributed by atoms with van der Waals surface area (Å²) >= 11 is -1.42. The molecule has 1 aromatic carbocycles. The molecule has 0 aliphatic rings. The van der Waals surface area contributed by atoms with Gasteiger partial charge in [0.2, 0.25) is 0 Å². The minimum absolute atomic E-state index is 0.315. The molecule has 0 saturated heterocycles. The number of aliphatic hydroxyl groups is 1. The van der Waals surface area contributed by atoms with Crippen LogP contribution in [-0.4, -0.2) is 22.0 Å². The zero-order valence-electron chi connectivity index (χ0n) is 9.68. The van der Waals surface area contributed by atoms with Crippen molar-refractivity contribution in [1.82, 2.24) is 0 Å². The molecule has 0 aliphatic heterocycles. The van der Waals surface area contributed by atoms with E-state index < -0.39 is 11.1 Å². The first-order valence-electron chi connectivity index (χ1n) is 5.43. The fraction of sp³-hybridized carbons (Fsp3) is 0.500. The van der Waals surface area contributed by atoms with E-state index in [0.717, 1.165) is 5.56 Å². The van der Waals surface area contributed by atoms with E-state index in [1.807, 2.05) is 26.0 Å². The molecular weight excluding hydrogens is 224 g/mol. The lowest BCUT2D eigenvalue weighted by Crippen LogP contribution is -2.10. The van der Waals surface area contributed by atoms with Gasteiger partial charge in [-0.15, -0.1) is 0 Å². The van der Waals surface area contributed by atoms with Crippen LogP contribution in [0.5, 0.6) is 0 Å². The second-order valence-corrected chi connectivity index (χ2v) is 4.90. The average molecular weight is 242 g/mol. The third kappa shape index (κ3) is 4.43. The molecule has 90 valence electrons. The highest BCUT2D eigenvalue weighted by Gasteiger charge is 2.06. The first-order valence-corrected chi connectivity index (χ1v) is 6.50. The van der Waals surface area contributed by atoms with Gasteiger partial charge in [-0.2, -0.15) is 0 Å². The normalized spacial score (nSPS) is 14.7. The number of benzene rings is 1. The number of hydrogen-bond donors (Lipinski definition) is 1. The molecule has 0 heterocycles. The minimum atomic E-state index is -1.42. The number of aryl methyl sites for hydroxylation is 1. The number of rotatable bonds is 6. The van der Waals surface area contributed by atoms with Crippen molar-refractivity contribution in [2.45, 2.75) is 37.7 Å². The Balaban J connectivity index is 2.38. The molecule has 0 radical (unpaired) electrons. The van der Waals surface area contributed by atoms with Crippen molar-refractivity contribution in [2.24, 2.45) is 0 Å². The Kier molecular flexibility index (Phi) is 5.66. The molecule has 0 spiro atoms. The highest BCUT2D eigenvalue weighted by Crippen LogP contribution is 2.10. The second-order valence-electron chi connectivity index (χ2n) is 3.72. The summed E-state index contributed by atoms with van der Waals surface area (Å²) in [7, 11) is 0. The summed E-state index contributed by atoms with van der Waals surface area (Å²) in [6.45, 7) is 4.20. The fourth-order valence-corrected chi connectivity index (χ4v) is 1.92. The lowest BCUT2D eigenvalue weighted by atomic mass is 10.2. The Labute approximate surface area is 99.1 Å². The first-order chi connectivity index (χ1) is 7.63. The van der Waals surface area contributed by atoms with Crippen LogP contribution < -0.4 is 0 Å². The van der Waals surface area contributed by atoms with Crippen LogP contribution in [0.3, 0.4) is 0 Å². The van der Waals surface area contributed by atoms with Crippen LogP contribution in [0.4, 0.5) is 0 Å². The maximum absolute atomic E-state index is 11.6. The SMILES string of the molecule is CCC(O)CCOS(=O)c1ccc(C)cc1. The van der Waals surface area contributed by atoms with E-state index in [9.17, 15) is 9.32 Å². The number of aliphatic hydroxyl groups excluding tert-OH is 1. The van der Waals surface area contributed by atoms with Crippen LogP contribution in [0.25, 0.3) is 0 Å². The van der Waals surface area contributed by atoms with E-state index in [1.54, 1.807) is 12.1 Å². The Morgan fingerprint density at radius 1 is 1.38 bits per heavy atom. The minimum Gasteiger partial charge on any atom is -0.393 e. The lowest BCUT2D eigenvalue weighted by Gasteiger charge is -2.07. The third-order valence-electron chi connectivity index (χ3n) is 2.33. The van der Waals surface area contributed by atoms with Gasteiger partial charge in [0.1, 0.15) is 0 Å². The zero-order valence-corrected chi connectivity index (χ0v) is 10.5.